The molecule has 2 spiro atoms. The second kappa shape index (κ2) is 5.34. The van der Waals surface area contributed by atoms with E-state index in [-0.39, 0.29) is 16.9 Å². The first kappa shape index (κ1) is 16.5. The maximum atomic E-state index is 10.6. The summed E-state index contributed by atoms with van der Waals surface area (Å²) in [7, 11) is 0. The molecule has 0 radical (unpaired) electrons. The van der Waals surface area contributed by atoms with Gasteiger partial charge in [-0.2, -0.15) is 0 Å². The second-order valence-electron chi connectivity index (χ2n) is 10.2. The van der Waals surface area contributed by atoms with Crippen LogP contribution in [0.15, 0.2) is 11.6 Å². The van der Waals surface area contributed by atoms with Gasteiger partial charge < -0.3 is 19.3 Å². The molecular weight excluding hydrogens is 328 g/mol. The van der Waals surface area contributed by atoms with Crippen molar-refractivity contribution in [1.29, 1.82) is 0 Å². The van der Waals surface area contributed by atoms with Crippen LogP contribution in [0.3, 0.4) is 0 Å². The Morgan fingerprint density at radius 3 is 2.81 bits per heavy atom. The number of aliphatic hydroxyl groups is 1. The molecule has 0 amide bonds. The summed E-state index contributed by atoms with van der Waals surface area (Å²) in [6, 6.07) is 0. The molecule has 7 unspecified atom stereocenters. The van der Waals surface area contributed by atoms with Crippen LogP contribution in [0.5, 0.6) is 0 Å². The molecule has 3 saturated carbocycles. The normalized spacial score (nSPS) is 54.4. The molecule has 7 atom stereocenters. The molecular formula is C22H32O4. The van der Waals surface area contributed by atoms with E-state index in [4.69, 9.17) is 14.2 Å². The number of aliphatic hydroxyl groups excluding tert-OH is 1. The summed E-state index contributed by atoms with van der Waals surface area (Å²) < 4.78 is 18.6. The van der Waals surface area contributed by atoms with Gasteiger partial charge in [-0.1, -0.05) is 18.6 Å². The maximum Gasteiger partial charge on any atom is 0.177 e. The van der Waals surface area contributed by atoms with Crippen LogP contribution in [0, 0.1) is 34.5 Å². The maximum absolute atomic E-state index is 10.6. The molecule has 4 heteroatoms. The number of allylic oxidation sites excluding steroid dienone is 1. The lowest BCUT2D eigenvalue weighted by Gasteiger charge is -2.62. The SMILES string of the molecule is CC12CCC3C(CC=C4CC5(OCCO5)C5COCC43C5)C1CCC2O. The van der Waals surface area contributed by atoms with E-state index in [1.165, 1.54) is 32.1 Å². The molecule has 2 heterocycles. The third-order valence-corrected chi connectivity index (χ3v) is 9.50. The molecule has 6 rings (SSSR count). The Hall–Kier alpha value is -0.420. The molecule has 0 aromatic heterocycles. The van der Waals surface area contributed by atoms with Crippen LogP contribution in [-0.4, -0.2) is 43.4 Å². The molecule has 4 aliphatic carbocycles. The molecule has 26 heavy (non-hydrogen) atoms. The first-order chi connectivity index (χ1) is 12.6. The van der Waals surface area contributed by atoms with E-state index < -0.39 is 5.79 Å². The Bertz CT molecular complexity index is 638. The van der Waals surface area contributed by atoms with Crippen LogP contribution in [0.25, 0.3) is 0 Å². The largest absolute Gasteiger partial charge is 0.393 e. The van der Waals surface area contributed by atoms with Crippen LogP contribution >= 0.6 is 0 Å². The minimum absolute atomic E-state index is 0.0957. The van der Waals surface area contributed by atoms with Crippen molar-refractivity contribution in [3.63, 3.8) is 0 Å². The van der Waals surface area contributed by atoms with E-state index >= 15 is 0 Å². The second-order valence-corrected chi connectivity index (χ2v) is 10.2. The molecule has 2 saturated heterocycles. The Kier molecular flexibility index (Phi) is 3.40. The van der Waals surface area contributed by atoms with Crippen molar-refractivity contribution in [2.45, 2.75) is 63.8 Å². The van der Waals surface area contributed by atoms with Crippen LogP contribution in [0.1, 0.15) is 51.9 Å². The summed E-state index contributed by atoms with van der Waals surface area (Å²) in [5, 5.41) is 10.6. The van der Waals surface area contributed by atoms with Crippen molar-refractivity contribution in [2.75, 3.05) is 26.4 Å². The van der Waals surface area contributed by atoms with E-state index in [1.54, 1.807) is 5.57 Å². The number of rotatable bonds is 0. The van der Waals surface area contributed by atoms with Gasteiger partial charge in [0.2, 0.25) is 0 Å². The van der Waals surface area contributed by atoms with Crippen LogP contribution in [-0.2, 0) is 14.2 Å². The Balaban J connectivity index is 1.39. The van der Waals surface area contributed by atoms with Gasteiger partial charge in [-0.15, -0.1) is 0 Å². The number of fused-ring (bicyclic) bond motifs is 5. The Morgan fingerprint density at radius 1 is 1.12 bits per heavy atom. The summed E-state index contributed by atoms with van der Waals surface area (Å²) in [6.07, 6.45) is 10.4. The first-order valence-electron chi connectivity index (χ1n) is 10.8. The van der Waals surface area contributed by atoms with E-state index in [1.807, 2.05) is 0 Å². The highest BCUT2D eigenvalue weighted by Crippen LogP contribution is 2.67. The van der Waals surface area contributed by atoms with Crippen LogP contribution in [0.2, 0.25) is 0 Å². The first-order valence-corrected chi connectivity index (χ1v) is 10.8. The Morgan fingerprint density at radius 2 is 1.96 bits per heavy atom. The highest BCUT2D eigenvalue weighted by Gasteiger charge is 2.65. The van der Waals surface area contributed by atoms with Gasteiger partial charge in [-0.25, -0.2) is 0 Å². The molecule has 4 nitrogen and oxygen atoms in total. The topological polar surface area (TPSA) is 47.9 Å². The summed E-state index contributed by atoms with van der Waals surface area (Å²) in [4.78, 5) is 0. The van der Waals surface area contributed by atoms with Crippen molar-refractivity contribution in [3.8, 4) is 0 Å². The van der Waals surface area contributed by atoms with Gasteiger partial charge >= 0.3 is 0 Å². The minimum Gasteiger partial charge on any atom is -0.393 e. The summed E-state index contributed by atoms with van der Waals surface area (Å²) in [6.45, 7) is 5.48. The monoisotopic (exact) mass is 360 g/mol. The molecule has 2 aliphatic heterocycles. The summed E-state index contributed by atoms with van der Waals surface area (Å²) >= 11 is 0. The third kappa shape index (κ3) is 1.90. The average Bonchev–Trinajstić information content (AvgIpc) is 3.23. The zero-order chi connectivity index (χ0) is 17.6. The lowest BCUT2D eigenvalue weighted by atomic mass is 9.46. The van der Waals surface area contributed by atoms with Crippen LogP contribution < -0.4 is 0 Å². The molecule has 1 N–H and O–H groups in total. The van der Waals surface area contributed by atoms with Gasteiger partial charge in [0.15, 0.2) is 5.79 Å². The molecule has 5 fully saturated rings. The highest BCUT2D eigenvalue weighted by atomic mass is 16.7. The van der Waals surface area contributed by atoms with Gasteiger partial charge in [0.05, 0.1) is 32.5 Å². The smallest absolute Gasteiger partial charge is 0.177 e. The Labute approximate surface area is 156 Å². The van der Waals surface area contributed by atoms with Crippen molar-refractivity contribution >= 4 is 0 Å². The van der Waals surface area contributed by atoms with E-state index in [0.717, 1.165) is 45.2 Å². The standard InChI is InChI=1S/C22H32O4/c1-20-7-6-18-16(17(20)4-5-19(20)23)3-2-14-11-22(25-8-9-26-22)15-10-21(14,18)13-24-12-15/h2,15-19,23H,3-13H2,1H3. The van der Waals surface area contributed by atoms with Gasteiger partial charge in [-0.3, -0.25) is 0 Å². The molecule has 0 aromatic carbocycles. The van der Waals surface area contributed by atoms with Gasteiger partial charge in [-0.05, 0) is 61.7 Å². The van der Waals surface area contributed by atoms with Crippen LogP contribution in [0.4, 0.5) is 0 Å². The highest BCUT2D eigenvalue weighted by molar-refractivity contribution is 5.30. The number of hydrogen-bond donors (Lipinski definition) is 1. The number of ether oxygens (including phenoxy) is 3. The number of hydrogen-bond acceptors (Lipinski definition) is 4. The summed E-state index contributed by atoms with van der Waals surface area (Å²) in [5.74, 6) is 2.08. The quantitative estimate of drug-likeness (QED) is 0.674. The fourth-order valence-electron chi connectivity index (χ4n) is 8.17. The van der Waals surface area contributed by atoms with E-state index in [9.17, 15) is 5.11 Å². The predicted octanol–water partition coefficient (Wildman–Crippen LogP) is 3.29. The zero-order valence-electron chi connectivity index (χ0n) is 15.9. The molecule has 0 aromatic rings. The lowest BCUT2D eigenvalue weighted by Crippen LogP contribution is -2.61. The average molecular weight is 360 g/mol. The minimum atomic E-state index is -0.407. The van der Waals surface area contributed by atoms with Gasteiger partial charge in [0.1, 0.15) is 0 Å². The van der Waals surface area contributed by atoms with Gasteiger partial charge in [0, 0.05) is 17.8 Å². The zero-order valence-corrected chi connectivity index (χ0v) is 15.9. The molecule has 144 valence electrons. The van der Waals surface area contributed by atoms with Crippen molar-refractivity contribution in [3.05, 3.63) is 11.6 Å². The fourth-order valence-corrected chi connectivity index (χ4v) is 8.17. The van der Waals surface area contributed by atoms with E-state index in [0.29, 0.717) is 17.8 Å². The van der Waals surface area contributed by atoms with Gasteiger partial charge in [0.25, 0.3) is 0 Å². The van der Waals surface area contributed by atoms with Crippen molar-refractivity contribution in [2.24, 2.45) is 34.5 Å². The third-order valence-electron chi connectivity index (χ3n) is 9.50. The fraction of sp³-hybridized carbons (Fsp3) is 0.909. The van der Waals surface area contributed by atoms with E-state index in [2.05, 4.69) is 13.0 Å². The molecule has 2 bridgehead atoms. The predicted molar refractivity (Wildman–Crippen MR) is 96.4 cm³/mol. The van der Waals surface area contributed by atoms with Crippen molar-refractivity contribution in [1.82, 2.24) is 0 Å². The molecule has 6 aliphatic rings. The summed E-state index contributed by atoms with van der Waals surface area (Å²) in [5.41, 5.74) is 1.92. The van der Waals surface area contributed by atoms with Crippen molar-refractivity contribution < 1.29 is 19.3 Å². The lowest BCUT2D eigenvalue weighted by molar-refractivity contribution is -0.258.